The molecule has 36 heavy (non-hydrogen) atoms. The number of phenolic OH excluding ortho intramolecular Hbond substituents is 2. The van der Waals surface area contributed by atoms with Crippen molar-refractivity contribution in [2.45, 2.75) is 6.92 Å². The summed E-state index contributed by atoms with van der Waals surface area (Å²) in [6, 6.07) is 13.8. The SMILES string of the molecule is COc1ccc(/C=C2\OC(=O)C(C=O)=C2c2ccc(O)c(Br)c2)cc1Br.Cc1cc(Br)c(O)c(Br)c1. The minimum atomic E-state index is -0.710. The van der Waals surface area contributed by atoms with Crippen molar-refractivity contribution in [1.82, 2.24) is 0 Å². The summed E-state index contributed by atoms with van der Waals surface area (Å²) in [5, 5.41) is 18.9. The molecule has 3 aromatic rings. The van der Waals surface area contributed by atoms with Gasteiger partial charge in [0.15, 0.2) is 6.29 Å². The van der Waals surface area contributed by atoms with Crippen LogP contribution in [0.2, 0.25) is 0 Å². The molecule has 0 unspecified atom stereocenters. The third-order valence-corrected chi connectivity index (χ3v) is 7.39. The molecule has 0 saturated carbocycles. The van der Waals surface area contributed by atoms with Crippen LogP contribution in [0.15, 0.2) is 77.8 Å². The van der Waals surface area contributed by atoms with E-state index in [2.05, 4.69) is 63.7 Å². The topological polar surface area (TPSA) is 93.1 Å². The number of hydrogen-bond donors (Lipinski definition) is 2. The number of aldehydes is 1. The molecule has 0 atom stereocenters. The van der Waals surface area contributed by atoms with Crippen LogP contribution < -0.4 is 4.74 Å². The summed E-state index contributed by atoms with van der Waals surface area (Å²) >= 11 is 13.1. The third-order valence-electron chi connectivity index (χ3n) is 4.93. The molecule has 0 aromatic heterocycles. The van der Waals surface area contributed by atoms with Crippen LogP contribution in [0.4, 0.5) is 0 Å². The number of allylic oxidation sites excluding steroid dienone is 1. The van der Waals surface area contributed by atoms with Crippen LogP contribution in [0.3, 0.4) is 0 Å². The Kier molecular flexibility index (Phi) is 9.57. The Morgan fingerprint density at radius 3 is 2.11 bits per heavy atom. The van der Waals surface area contributed by atoms with Crippen LogP contribution in [-0.4, -0.2) is 29.6 Å². The molecule has 10 heteroatoms. The first-order chi connectivity index (χ1) is 17.0. The summed E-state index contributed by atoms with van der Waals surface area (Å²) in [6.45, 7) is 1.97. The number of esters is 1. The fourth-order valence-electron chi connectivity index (χ4n) is 3.23. The molecule has 0 bridgehead atoms. The van der Waals surface area contributed by atoms with Crippen LogP contribution in [-0.2, 0) is 14.3 Å². The molecule has 1 aliphatic rings. The van der Waals surface area contributed by atoms with Crippen LogP contribution in [0.5, 0.6) is 17.2 Å². The summed E-state index contributed by atoms with van der Waals surface area (Å²) in [6.07, 6.45) is 2.14. The predicted octanol–water partition coefficient (Wildman–Crippen LogP) is 7.70. The number of methoxy groups -OCH3 is 1. The second kappa shape index (κ2) is 12.2. The summed E-state index contributed by atoms with van der Waals surface area (Å²) in [7, 11) is 1.57. The summed E-state index contributed by atoms with van der Waals surface area (Å²) in [5.41, 5.74) is 2.74. The maximum absolute atomic E-state index is 12.1. The highest BCUT2D eigenvalue weighted by Gasteiger charge is 2.31. The van der Waals surface area contributed by atoms with E-state index in [1.807, 2.05) is 25.1 Å². The molecule has 0 saturated heterocycles. The monoisotopic (exact) mass is 742 g/mol. The number of cyclic esters (lactones) is 1. The zero-order valence-electron chi connectivity index (χ0n) is 18.8. The molecular formula is C26H18Br4O6. The Labute approximate surface area is 241 Å². The molecule has 1 aliphatic heterocycles. The zero-order chi connectivity index (χ0) is 26.6. The summed E-state index contributed by atoms with van der Waals surface area (Å²) < 4.78 is 13.1. The number of halogens is 4. The van der Waals surface area contributed by atoms with E-state index in [1.165, 1.54) is 6.07 Å². The number of ether oxygens (including phenoxy) is 2. The van der Waals surface area contributed by atoms with Gasteiger partial charge in [0.1, 0.15) is 28.6 Å². The van der Waals surface area contributed by atoms with Crippen LogP contribution in [0.25, 0.3) is 11.6 Å². The van der Waals surface area contributed by atoms with Gasteiger partial charge in [-0.25, -0.2) is 4.79 Å². The number of aromatic hydroxyl groups is 2. The van der Waals surface area contributed by atoms with Crippen molar-refractivity contribution in [2.75, 3.05) is 7.11 Å². The highest BCUT2D eigenvalue weighted by molar-refractivity contribution is 9.11. The Bertz CT molecular complexity index is 1390. The Balaban J connectivity index is 0.000000303. The van der Waals surface area contributed by atoms with Gasteiger partial charge in [-0.2, -0.15) is 0 Å². The highest BCUT2D eigenvalue weighted by atomic mass is 79.9. The van der Waals surface area contributed by atoms with Crippen molar-refractivity contribution < 1.29 is 29.3 Å². The molecule has 186 valence electrons. The number of hydrogen-bond acceptors (Lipinski definition) is 6. The Morgan fingerprint density at radius 1 is 0.889 bits per heavy atom. The maximum Gasteiger partial charge on any atom is 0.347 e. The van der Waals surface area contributed by atoms with Crippen LogP contribution >= 0.6 is 63.7 Å². The van der Waals surface area contributed by atoms with Gasteiger partial charge < -0.3 is 19.7 Å². The van der Waals surface area contributed by atoms with E-state index >= 15 is 0 Å². The third kappa shape index (κ3) is 6.47. The van der Waals surface area contributed by atoms with Gasteiger partial charge in [-0.05, 0) is 130 Å². The van der Waals surface area contributed by atoms with Gasteiger partial charge in [0, 0.05) is 5.57 Å². The van der Waals surface area contributed by atoms with Crippen molar-refractivity contribution >= 4 is 87.6 Å². The Hall–Kier alpha value is -2.40. The molecule has 6 nitrogen and oxygen atoms in total. The van der Waals surface area contributed by atoms with E-state index in [0.29, 0.717) is 27.6 Å². The summed E-state index contributed by atoms with van der Waals surface area (Å²) in [5.74, 6) is 0.523. The van der Waals surface area contributed by atoms with E-state index in [0.717, 1.165) is 24.5 Å². The molecule has 0 fully saturated rings. The quantitative estimate of drug-likeness (QED) is 0.162. The number of benzene rings is 3. The van der Waals surface area contributed by atoms with E-state index in [1.54, 1.807) is 37.5 Å². The fraction of sp³-hybridized carbons (Fsp3) is 0.0769. The van der Waals surface area contributed by atoms with Crippen molar-refractivity contribution in [1.29, 1.82) is 0 Å². The zero-order valence-corrected chi connectivity index (χ0v) is 25.2. The van der Waals surface area contributed by atoms with Crippen molar-refractivity contribution in [2.24, 2.45) is 0 Å². The first kappa shape index (κ1) is 28.2. The highest BCUT2D eigenvalue weighted by Crippen LogP contribution is 2.38. The molecule has 4 rings (SSSR count). The van der Waals surface area contributed by atoms with Crippen molar-refractivity contribution in [3.63, 3.8) is 0 Å². The predicted molar refractivity (Wildman–Crippen MR) is 152 cm³/mol. The summed E-state index contributed by atoms with van der Waals surface area (Å²) in [4.78, 5) is 23.5. The fourth-order valence-corrected chi connectivity index (χ4v) is 5.58. The first-order valence-electron chi connectivity index (χ1n) is 10.2. The van der Waals surface area contributed by atoms with Gasteiger partial charge in [-0.15, -0.1) is 0 Å². The molecule has 0 aliphatic carbocycles. The lowest BCUT2D eigenvalue weighted by Crippen LogP contribution is -1.99. The van der Waals surface area contributed by atoms with E-state index in [9.17, 15) is 19.8 Å². The minimum Gasteiger partial charge on any atom is -0.507 e. The van der Waals surface area contributed by atoms with Gasteiger partial charge in [0.25, 0.3) is 0 Å². The van der Waals surface area contributed by atoms with Crippen LogP contribution in [0, 0.1) is 6.92 Å². The molecular weight excluding hydrogens is 728 g/mol. The largest absolute Gasteiger partial charge is 0.507 e. The van der Waals surface area contributed by atoms with Gasteiger partial charge in [0.05, 0.1) is 25.0 Å². The van der Waals surface area contributed by atoms with Gasteiger partial charge in [-0.1, -0.05) is 12.1 Å². The van der Waals surface area contributed by atoms with Crippen molar-refractivity contribution in [3.05, 3.63) is 94.4 Å². The lowest BCUT2D eigenvalue weighted by Gasteiger charge is -2.08. The molecule has 3 aromatic carbocycles. The molecule has 0 radical (unpaired) electrons. The standard InChI is InChI=1S/C19H12Br2O5.C7H6Br2O/c1-25-16-5-2-10(6-14(16)21)7-17-18(12(9-22)19(24)26-17)11-3-4-15(23)13(20)8-11;1-4-2-5(8)7(10)6(9)3-4/h2-9,23H,1H3;2-3,10H,1H3/b17-7-;. The average molecular weight is 746 g/mol. The normalized spacial score (nSPS) is 13.8. The minimum absolute atomic E-state index is 0.0526. The Morgan fingerprint density at radius 2 is 1.56 bits per heavy atom. The average Bonchev–Trinajstić information content (AvgIpc) is 3.14. The van der Waals surface area contributed by atoms with E-state index in [4.69, 9.17) is 9.47 Å². The smallest absolute Gasteiger partial charge is 0.347 e. The van der Waals surface area contributed by atoms with Gasteiger partial charge in [-0.3, -0.25) is 4.79 Å². The van der Waals surface area contributed by atoms with Crippen LogP contribution in [0.1, 0.15) is 16.7 Å². The lowest BCUT2D eigenvalue weighted by atomic mass is 9.99. The number of rotatable bonds is 4. The lowest BCUT2D eigenvalue weighted by molar-refractivity contribution is -0.133. The molecule has 0 spiro atoms. The maximum atomic E-state index is 12.1. The second-order valence-corrected chi connectivity index (χ2v) is 10.9. The van der Waals surface area contributed by atoms with Gasteiger partial charge >= 0.3 is 5.97 Å². The first-order valence-corrected chi connectivity index (χ1v) is 13.3. The number of carbonyl (C=O) groups is 2. The number of carbonyl (C=O) groups excluding carboxylic acids is 2. The second-order valence-electron chi connectivity index (χ2n) is 7.44. The molecule has 1 heterocycles. The number of aryl methyl sites for hydroxylation is 1. The van der Waals surface area contributed by atoms with E-state index < -0.39 is 5.97 Å². The number of phenols is 2. The molecule has 0 amide bonds. The van der Waals surface area contributed by atoms with Gasteiger partial charge in [0.2, 0.25) is 0 Å². The van der Waals surface area contributed by atoms with E-state index in [-0.39, 0.29) is 22.8 Å². The molecule has 2 N–H and O–H groups in total. The van der Waals surface area contributed by atoms with Crippen molar-refractivity contribution in [3.8, 4) is 17.2 Å².